The number of rotatable bonds is 9. The summed E-state index contributed by atoms with van der Waals surface area (Å²) in [6.07, 6.45) is 3.34. The number of benzene rings is 1. The van der Waals surface area contributed by atoms with E-state index in [9.17, 15) is 23.5 Å². The van der Waals surface area contributed by atoms with Gasteiger partial charge in [0, 0.05) is 36.7 Å². The summed E-state index contributed by atoms with van der Waals surface area (Å²) in [5, 5.41) is 20.1. The molecule has 0 spiro atoms. The molecule has 3 aromatic rings. The van der Waals surface area contributed by atoms with E-state index in [1.807, 2.05) is 11.8 Å². The van der Waals surface area contributed by atoms with Crippen LogP contribution in [0, 0.1) is 18.6 Å². The van der Waals surface area contributed by atoms with Crippen LogP contribution in [0.15, 0.2) is 35.0 Å². The number of hydrogen-bond donors (Lipinski definition) is 4. The second kappa shape index (κ2) is 11.8. The minimum Gasteiger partial charge on any atom is -0.378 e. The molecule has 1 aromatic carbocycles. The van der Waals surface area contributed by atoms with Crippen LogP contribution < -0.4 is 10.6 Å². The van der Waals surface area contributed by atoms with Crippen LogP contribution in [0.5, 0.6) is 0 Å². The highest BCUT2D eigenvalue weighted by molar-refractivity contribution is 5.96. The predicted molar refractivity (Wildman–Crippen MR) is 134 cm³/mol. The van der Waals surface area contributed by atoms with Crippen molar-refractivity contribution in [1.29, 1.82) is 0 Å². The SMILES string of the molecule is Cc1cc(C(=O)N[C@@H](CC(O)N2CCCC[C@@H]2C)C(=O)N[C@@H](C)c2ncc(-c3ccc(F)cc3F)[nH]2)no1. The quantitative estimate of drug-likeness (QED) is 0.334. The van der Waals surface area contributed by atoms with Crippen LogP contribution in [0.3, 0.4) is 0 Å². The highest BCUT2D eigenvalue weighted by Gasteiger charge is 2.32. The van der Waals surface area contributed by atoms with Crippen molar-refractivity contribution in [2.24, 2.45) is 0 Å². The molecule has 1 saturated heterocycles. The highest BCUT2D eigenvalue weighted by Crippen LogP contribution is 2.24. The molecule has 0 saturated carbocycles. The Morgan fingerprint density at radius 3 is 2.74 bits per heavy atom. The van der Waals surface area contributed by atoms with Gasteiger partial charge in [-0.05, 0) is 45.7 Å². The molecule has 2 amide bonds. The number of halogens is 2. The molecule has 1 unspecified atom stereocenters. The fourth-order valence-corrected chi connectivity index (χ4v) is 4.63. The Balaban J connectivity index is 1.48. The zero-order valence-electron chi connectivity index (χ0n) is 21.5. The maximum absolute atomic E-state index is 14.2. The summed E-state index contributed by atoms with van der Waals surface area (Å²) in [6, 6.07) is 3.07. The van der Waals surface area contributed by atoms with Gasteiger partial charge in [-0.15, -0.1) is 0 Å². The first kappa shape index (κ1) is 27.4. The molecule has 1 aliphatic heterocycles. The van der Waals surface area contributed by atoms with Crippen LogP contribution in [-0.4, -0.2) is 61.8 Å². The molecule has 4 N–H and O–H groups in total. The Hall–Kier alpha value is -3.64. The molecule has 1 aliphatic rings. The molecular weight excluding hydrogens is 498 g/mol. The lowest BCUT2D eigenvalue weighted by atomic mass is 10.0. The Bertz CT molecular complexity index is 1280. The molecule has 0 bridgehead atoms. The van der Waals surface area contributed by atoms with Crippen molar-refractivity contribution in [2.45, 2.75) is 70.8 Å². The molecule has 1 fully saturated rings. The van der Waals surface area contributed by atoms with E-state index in [1.165, 1.54) is 18.3 Å². The zero-order valence-corrected chi connectivity index (χ0v) is 21.5. The zero-order chi connectivity index (χ0) is 27.4. The van der Waals surface area contributed by atoms with E-state index in [0.717, 1.165) is 31.4 Å². The van der Waals surface area contributed by atoms with Gasteiger partial charge in [0.25, 0.3) is 5.91 Å². The van der Waals surface area contributed by atoms with E-state index < -0.39 is 41.8 Å². The van der Waals surface area contributed by atoms with E-state index in [0.29, 0.717) is 23.8 Å². The van der Waals surface area contributed by atoms with Crippen LogP contribution in [0.4, 0.5) is 8.78 Å². The largest absolute Gasteiger partial charge is 0.378 e. The summed E-state index contributed by atoms with van der Waals surface area (Å²) in [5.41, 5.74) is 0.473. The van der Waals surface area contributed by atoms with Crippen LogP contribution in [0.2, 0.25) is 0 Å². The van der Waals surface area contributed by atoms with Gasteiger partial charge in [0.05, 0.1) is 17.9 Å². The Morgan fingerprint density at radius 2 is 2.05 bits per heavy atom. The molecule has 10 nitrogen and oxygen atoms in total. The molecule has 12 heteroatoms. The molecule has 38 heavy (non-hydrogen) atoms. The van der Waals surface area contributed by atoms with E-state index in [-0.39, 0.29) is 23.7 Å². The number of aliphatic hydroxyl groups is 1. The van der Waals surface area contributed by atoms with Gasteiger partial charge in [-0.25, -0.2) is 13.8 Å². The van der Waals surface area contributed by atoms with Crippen LogP contribution in [0.1, 0.15) is 67.6 Å². The monoisotopic (exact) mass is 530 g/mol. The van der Waals surface area contributed by atoms with Gasteiger partial charge in [-0.1, -0.05) is 11.6 Å². The Labute approximate surface area is 218 Å². The lowest BCUT2D eigenvalue weighted by Gasteiger charge is -2.38. The summed E-state index contributed by atoms with van der Waals surface area (Å²) in [5.74, 6) is -1.82. The number of nitrogens with one attached hydrogen (secondary N) is 3. The normalized spacial score (nSPS) is 18.5. The number of hydrogen-bond acceptors (Lipinski definition) is 7. The molecule has 0 aliphatic carbocycles. The maximum atomic E-state index is 14.2. The summed E-state index contributed by atoms with van der Waals surface area (Å²) >= 11 is 0. The summed E-state index contributed by atoms with van der Waals surface area (Å²) < 4.78 is 32.4. The highest BCUT2D eigenvalue weighted by atomic mass is 19.1. The van der Waals surface area contributed by atoms with Crippen molar-refractivity contribution >= 4 is 11.8 Å². The van der Waals surface area contributed by atoms with Crippen molar-refractivity contribution in [3.63, 3.8) is 0 Å². The second-order valence-corrected chi connectivity index (χ2v) is 9.68. The third-order valence-corrected chi connectivity index (χ3v) is 6.75. The van der Waals surface area contributed by atoms with Gasteiger partial charge in [0.15, 0.2) is 5.69 Å². The number of amides is 2. The average molecular weight is 531 g/mol. The molecule has 204 valence electrons. The number of likely N-dealkylation sites (tertiary alicyclic amines) is 1. The lowest BCUT2D eigenvalue weighted by molar-refractivity contribution is -0.126. The minimum atomic E-state index is -1.09. The number of piperidine rings is 1. The number of aryl methyl sites for hydroxylation is 1. The standard InChI is InChI=1S/C26H32F2N6O4/c1-14-6-4-5-9-34(14)23(35)12-20(32-26(37)21-10-15(2)38-33-21)25(36)30-16(3)24-29-13-22(31-24)18-8-7-17(27)11-19(18)28/h7-8,10-11,13-14,16,20,23,35H,4-6,9,12H2,1-3H3,(H,29,31)(H,30,36)(H,32,37)/t14-,16-,20-,23?/m0/s1. The lowest BCUT2D eigenvalue weighted by Crippen LogP contribution is -2.53. The molecule has 4 atom stereocenters. The first-order valence-corrected chi connectivity index (χ1v) is 12.6. The molecule has 3 heterocycles. The molecular formula is C26H32F2N6O4. The maximum Gasteiger partial charge on any atom is 0.274 e. The topological polar surface area (TPSA) is 136 Å². The van der Waals surface area contributed by atoms with Crippen molar-refractivity contribution in [2.75, 3.05) is 6.54 Å². The summed E-state index contributed by atoms with van der Waals surface area (Å²) in [6.45, 7) is 6.03. The van der Waals surface area contributed by atoms with Gasteiger partial charge in [0.2, 0.25) is 5.91 Å². The smallest absolute Gasteiger partial charge is 0.274 e. The Kier molecular flexibility index (Phi) is 8.52. The van der Waals surface area contributed by atoms with E-state index in [4.69, 9.17) is 4.52 Å². The number of aliphatic hydroxyl groups excluding tert-OH is 1. The number of nitrogens with zero attached hydrogens (tertiary/aromatic N) is 3. The van der Waals surface area contributed by atoms with E-state index in [1.54, 1.807) is 13.8 Å². The first-order valence-electron chi connectivity index (χ1n) is 12.6. The van der Waals surface area contributed by atoms with Gasteiger partial charge >= 0.3 is 0 Å². The number of imidazole rings is 1. The number of carbonyl (C=O) groups is 2. The van der Waals surface area contributed by atoms with Crippen molar-refractivity contribution < 1.29 is 28.0 Å². The molecule has 4 rings (SSSR count). The molecule has 0 radical (unpaired) electrons. The fourth-order valence-electron chi connectivity index (χ4n) is 4.63. The molecule has 2 aromatic heterocycles. The van der Waals surface area contributed by atoms with Gasteiger partial charge < -0.3 is 25.2 Å². The predicted octanol–water partition coefficient (Wildman–Crippen LogP) is 3.21. The second-order valence-electron chi connectivity index (χ2n) is 9.68. The van der Waals surface area contributed by atoms with Crippen molar-refractivity contribution in [3.05, 3.63) is 59.4 Å². The van der Waals surface area contributed by atoms with Gasteiger partial charge in [-0.3, -0.25) is 14.5 Å². The van der Waals surface area contributed by atoms with Crippen molar-refractivity contribution in [1.82, 2.24) is 30.7 Å². The summed E-state index contributed by atoms with van der Waals surface area (Å²) in [4.78, 5) is 35.2. The summed E-state index contributed by atoms with van der Waals surface area (Å²) in [7, 11) is 0. The van der Waals surface area contributed by atoms with Gasteiger partial charge in [-0.2, -0.15) is 0 Å². The van der Waals surface area contributed by atoms with Gasteiger partial charge in [0.1, 0.15) is 35.5 Å². The number of carbonyl (C=O) groups excluding carboxylic acids is 2. The number of aromatic amines is 1. The van der Waals surface area contributed by atoms with E-state index >= 15 is 0 Å². The third-order valence-electron chi connectivity index (χ3n) is 6.75. The van der Waals surface area contributed by atoms with Crippen LogP contribution in [0.25, 0.3) is 11.3 Å². The van der Waals surface area contributed by atoms with E-state index in [2.05, 4.69) is 25.8 Å². The Morgan fingerprint density at radius 1 is 1.26 bits per heavy atom. The first-order chi connectivity index (χ1) is 18.1. The number of H-pyrrole nitrogens is 1. The van der Waals surface area contributed by atoms with Crippen LogP contribution >= 0.6 is 0 Å². The van der Waals surface area contributed by atoms with Crippen molar-refractivity contribution in [3.8, 4) is 11.3 Å². The minimum absolute atomic E-state index is 0.0196. The van der Waals surface area contributed by atoms with Crippen LogP contribution in [-0.2, 0) is 4.79 Å². The number of aromatic nitrogens is 3. The fraction of sp³-hybridized carbons (Fsp3) is 0.462. The average Bonchev–Trinajstić information content (AvgIpc) is 3.53. The third kappa shape index (κ3) is 6.43.